The summed E-state index contributed by atoms with van der Waals surface area (Å²) in [7, 11) is 0. The number of nitrogens with zero attached hydrogens (tertiary/aromatic N) is 1. The predicted octanol–water partition coefficient (Wildman–Crippen LogP) is 2.51. The quantitative estimate of drug-likeness (QED) is 0.496. The highest BCUT2D eigenvalue weighted by Gasteiger charge is 2.25. The van der Waals surface area contributed by atoms with Gasteiger partial charge in [0.2, 0.25) is 6.79 Å². The summed E-state index contributed by atoms with van der Waals surface area (Å²) < 4.78 is 15.4. The van der Waals surface area contributed by atoms with Crippen LogP contribution in [0.2, 0.25) is 0 Å². The van der Waals surface area contributed by atoms with E-state index in [1.54, 1.807) is 18.2 Å². The van der Waals surface area contributed by atoms with Crippen LogP contribution in [0.3, 0.4) is 0 Å². The molecule has 26 heavy (non-hydrogen) atoms. The van der Waals surface area contributed by atoms with Gasteiger partial charge in [0.25, 0.3) is 11.6 Å². The van der Waals surface area contributed by atoms with Crippen LogP contribution in [0, 0.1) is 10.1 Å². The highest BCUT2D eigenvalue weighted by Crippen LogP contribution is 2.34. The molecule has 0 aliphatic carbocycles. The van der Waals surface area contributed by atoms with Crippen LogP contribution in [0.5, 0.6) is 11.5 Å². The Balaban J connectivity index is 1.66. The Hall–Kier alpha value is -3.62. The molecule has 2 aromatic carbocycles. The molecular weight excluding hydrogens is 344 g/mol. The summed E-state index contributed by atoms with van der Waals surface area (Å²) >= 11 is 0. The third-order valence-electron chi connectivity index (χ3n) is 3.61. The van der Waals surface area contributed by atoms with Crippen LogP contribution in [-0.4, -0.2) is 29.7 Å². The minimum atomic E-state index is -1.16. The number of nitrogens with one attached hydrogen (secondary N) is 1. The van der Waals surface area contributed by atoms with Crippen molar-refractivity contribution in [2.75, 3.05) is 12.1 Å². The van der Waals surface area contributed by atoms with E-state index in [2.05, 4.69) is 5.32 Å². The highest BCUT2D eigenvalue weighted by atomic mass is 16.7. The third kappa shape index (κ3) is 3.56. The Labute approximate surface area is 147 Å². The molecule has 0 saturated carbocycles. The minimum Gasteiger partial charge on any atom is -0.454 e. The van der Waals surface area contributed by atoms with Gasteiger partial charge in [-0.25, -0.2) is 4.79 Å². The molecule has 134 valence electrons. The number of fused-ring (bicyclic) bond motifs is 1. The molecule has 1 aliphatic heterocycles. The van der Waals surface area contributed by atoms with Crippen LogP contribution >= 0.6 is 0 Å². The van der Waals surface area contributed by atoms with Gasteiger partial charge in [-0.1, -0.05) is 12.1 Å². The summed E-state index contributed by atoms with van der Waals surface area (Å²) in [5.74, 6) is -0.479. The predicted molar refractivity (Wildman–Crippen MR) is 89.2 cm³/mol. The molecule has 1 aliphatic rings. The van der Waals surface area contributed by atoms with Gasteiger partial charge in [-0.05, 0) is 25.1 Å². The van der Waals surface area contributed by atoms with Gasteiger partial charge in [0.05, 0.1) is 4.92 Å². The molecule has 1 N–H and O–H groups in total. The number of carbonyl (C=O) groups is 2. The molecule has 1 heterocycles. The molecule has 9 heteroatoms. The first-order valence-corrected chi connectivity index (χ1v) is 7.60. The lowest BCUT2D eigenvalue weighted by molar-refractivity contribution is -0.385. The second kappa shape index (κ2) is 7.09. The number of ether oxygens (including phenoxy) is 3. The fourth-order valence-electron chi connectivity index (χ4n) is 2.30. The van der Waals surface area contributed by atoms with Crippen molar-refractivity contribution in [3.8, 4) is 11.5 Å². The highest BCUT2D eigenvalue weighted by molar-refractivity contribution is 5.99. The number of carbonyl (C=O) groups excluding carboxylic acids is 2. The van der Waals surface area contributed by atoms with E-state index in [1.165, 1.54) is 31.2 Å². The maximum Gasteiger partial charge on any atom is 0.345 e. The molecule has 0 spiro atoms. The van der Waals surface area contributed by atoms with Gasteiger partial charge >= 0.3 is 5.97 Å². The van der Waals surface area contributed by atoms with Gasteiger partial charge in [0.1, 0.15) is 5.56 Å². The molecule has 0 saturated heterocycles. The molecule has 1 amide bonds. The summed E-state index contributed by atoms with van der Waals surface area (Å²) in [5.41, 5.74) is -0.172. The van der Waals surface area contributed by atoms with E-state index < -0.39 is 22.9 Å². The number of amides is 1. The summed E-state index contributed by atoms with van der Waals surface area (Å²) in [6.45, 7) is 1.48. The second-order valence-electron chi connectivity index (χ2n) is 5.38. The van der Waals surface area contributed by atoms with Crippen molar-refractivity contribution in [2.45, 2.75) is 13.0 Å². The van der Waals surface area contributed by atoms with Crippen molar-refractivity contribution in [1.29, 1.82) is 0 Å². The van der Waals surface area contributed by atoms with Crippen LogP contribution in [0.25, 0.3) is 0 Å². The molecule has 0 fully saturated rings. The summed E-state index contributed by atoms with van der Waals surface area (Å²) in [6.07, 6.45) is -1.16. The monoisotopic (exact) mass is 358 g/mol. The molecule has 0 unspecified atom stereocenters. The summed E-state index contributed by atoms with van der Waals surface area (Å²) in [5, 5.41) is 13.6. The molecule has 0 aromatic heterocycles. The first kappa shape index (κ1) is 17.2. The minimum absolute atomic E-state index is 0.108. The fraction of sp³-hybridized carbons (Fsp3) is 0.176. The van der Waals surface area contributed by atoms with Gasteiger partial charge in [0, 0.05) is 17.8 Å². The van der Waals surface area contributed by atoms with Gasteiger partial charge in [-0.3, -0.25) is 14.9 Å². The van der Waals surface area contributed by atoms with Crippen molar-refractivity contribution in [2.24, 2.45) is 0 Å². The average molecular weight is 358 g/mol. The van der Waals surface area contributed by atoms with Crippen LogP contribution in [0.15, 0.2) is 42.5 Å². The van der Waals surface area contributed by atoms with Crippen molar-refractivity contribution in [1.82, 2.24) is 0 Å². The Morgan fingerprint density at radius 3 is 2.69 bits per heavy atom. The number of anilines is 1. The van der Waals surface area contributed by atoms with E-state index in [0.29, 0.717) is 17.2 Å². The van der Waals surface area contributed by atoms with E-state index in [9.17, 15) is 19.7 Å². The van der Waals surface area contributed by atoms with Gasteiger partial charge < -0.3 is 19.5 Å². The first-order valence-electron chi connectivity index (χ1n) is 7.60. The largest absolute Gasteiger partial charge is 0.454 e. The Kier molecular flexibility index (Phi) is 4.70. The van der Waals surface area contributed by atoms with Gasteiger partial charge in [0.15, 0.2) is 17.6 Å². The van der Waals surface area contributed by atoms with Crippen LogP contribution < -0.4 is 14.8 Å². The number of rotatable bonds is 5. The normalized spacial score (nSPS) is 13.0. The molecule has 0 bridgehead atoms. The number of nitro benzene ring substituents is 1. The molecule has 3 rings (SSSR count). The number of benzene rings is 2. The molecule has 9 nitrogen and oxygen atoms in total. The SMILES string of the molecule is C[C@@H](OC(=O)c1ccccc1[N+](=O)[O-])C(=O)Nc1ccc2c(c1)OCO2. The Bertz CT molecular complexity index is 881. The molecule has 0 radical (unpaired) electrons. The van der Waals surface area contributed by atoms with E-state index >= 15 is 0 Å². The van der Waals surface area contributed by atoms with Crippen LogP contribution in [0.4, 0.5) is 11.4 Å². The lowest BCUT2D eigenvalue weighted by Crippen LogP contribution is -2.30. The standard InChI is InChI=1S/C17H14N2O7/c1-10(26-17(21)12-4-2-3-5-13(12)19(22)23)16(20)18-11-6-7-14-15(8-11)25-9-24-14/h2-8,10H,9H2,1H3,(H,18,20)/t10-/m1/s1. The third-order valence-corrected chi connectivity index (χ3v) is 3.61. The summed E-state index contributed by atoms with van der Waals surface area (Å²) in [4.78, 5) is 34.6. The lowest BCUT2D eigenvalue weighted by atomic mass is 10.2. The number of para-hydroxylation sites is 1. The number of hydrogen-bond acceptors (Lipinski definition) is 7. The average Bonchev–Trinajstić information content (AvgIpc) is 3.09. The van der Waals surface area contributed by atoms with Crippen LogP contribution in [0.1, 0.15) is 17.3 Å². The fourth-order valence-corrected chi connectivity index (χ4v) is 2.30. The number of nitro groups is 1. The maximum absolute atomic E-state index is 12.2. The maximum atomic E-state index is 12.2. The zero-order valence-corrected chi connectivity index (χ0v) is 13.6. The topological polar surface area (TPSA) is 117 Å². The summed E-state index contributed by atoms with van der Waals surface area (Å²) in [6, 6.07) is 10.2. The molecule has 2 aromatic rings. The smallest absolute Gasteiger partial charge is 0.345 e. The van der Waals surface area contributed by atoms with Gasteiger partial charge in [-0.2, -0.15) is 0 Å². The molecular formula is C17H14N2O7. The first-order chi connectivity index (χ1) is 12.5. The van der Waals surface area contributed by atoms with E-state index in [1.807, 2.05) is 0 Å². The molecule has 1 atom stereocenters. The van der Waals surface area contributed by atoms with Crippen molar-refractivity contribution in [3.63, 3.8) is 0 Å². The van der Waals surface area contributed by atoms with Crippen molar-refractivity contribution < 1.29 is 28.7 Å². The van der Waals surface area contributed by atoms with Crippen LogP contribution in [-0.2, 0) is 9.53 Å². The zero-order chi connectivity index (χ0) is 18.7. The van der Waals surface area contributed by atoms with E-state index in [4.69, 9.17) is 14.2 Å². The van der Waals surface area contributed by atoms with E-state index in [0.717, 1.165) is 0 Å². The second-order valence-corrected chi connectivity index (χ2v) is 5.38. The van der Waals surface area contributed by atoms with Gasteiger partial charge in [-0.15, -0.1) is 0 Å². The van der Waals surface area contributed by atoms with Crippen molar-refractivity contribution >= 4 is 23.3 Å². The number of hydrogen-bond donors (Lipinski definition) is 1. The number of esters is 1. The lowest BCUT2D eigenvalue weighted by Gasteiger charge is -2.14. The van der Waals surface area contributed by atoms with E-state index in [-0.39, 0.29) is 18.0 Å². The van der Waals surface area contributed by atoms with Crippen molar-refractivity contribution in [3.05, 3.63) is 58.1 Å². The Morgan fingerprint density at radius 1 is 1.19 bits per heavy atom. The Morgan fingerprint density at radius 2 is 1.92 bits per heavy atom. The zero-order valence-electron chi connectivity index (χ0n) is 13.6.